The van der Waals surface area contributed by atoms with Crippen LogP contribution in [0.2, 0.25) is 0 Å². The Morgan fingerprint density at radius 3 is 3.06 bits per heavy atom. The van der Waals surface area contributed by atoms with Crippen molar-refractivity contribution in [3.8, 4) is 0 Å². The van der Waals surface area contributed by atoms with Gasteiger partial charge in [-0.05, 0) is 49.6 Å². The smallest absolute Gasteiger partial charge is 0.244 e. The topological polar surface area (TPSA) is 32.3 Å². The van der Waals surface area contributed by atoms with E-state index in [9.17, 15) is 4.79 Å². The Morgan fingerprint density at radius 1 is 1.39 bits per heavy atom. The third kappa shape index (κ3) is 2.19. The number of fused-ring (bicyclic) bond motifs is 1. The van der Waals surface area contributed by atoms with Gasteiger partial charge in [0.1, 0.15) is 0 Å². The number of carbonyl (C=O) groups excluding carboxylic acids is 1. The van der Waals surface area contributed by atoms with Crippen molar-refractivity contribution in [2.45, 2.75) is 31.7 Å². The second-order valence-electron chi connectivity index (χ2n) is 5.02. The van der Waals surface area contributed by atoms with E-state index in [2.05, 4.69) is 27.3 Å². The van der Waals surface area contributed by atoms with Gasteiger partial charge in [0, 0.05) is 16.7 Å². The van der Waals surface area contributed by atoms with Crippen LogP contribution in [0.15, 0.2) is 22.7 Å². The number of hydrogen-bond donors (Lipinski definition) is 1. The summed E-state index contributed by atoms with van der Waals surface area (Å²) < 4.78 is 1.09. The number of anilines is 1. The summed E-state index contributed by atoms with van der Waals surface area (Å²) in [5, 5.41) is 3.34. The highest BCUT2D eigenvalue weighted by Crippen LogP contribution is 2.31. The predicted octanol–water partition coefficient (Wildman–Crippen LogP) is 2.48. The summed E-state index contributed by atoms with van der Waals surface area (Å²) in [4.78, 5) is 14.4. The first-order valence-corrected chi connectivity index (χ1v) is 7.38. The third-order valence-corrected chi connectivity index (χ3v) is 4.30. The molecule has 1 atom stereocenters. The Kier molecular flexibility index (Phi) is 3.39. The first-order chi connectivity index (χ1) is 8.75. The third-order valence-electron chi connectivity index (χ3n) is 3.81. The van der Waals surface area contributed by atoms with E-state index in [0.717, 1.165) is 42.5 Å². The molecule has 1 unspecified atom stereocenters. The molecule has 1 saturated heterocycles. The largest absolute Gasteiger partial charge is 0.310 e. The molecule has 0 aliphatic carbocycles. The predicted molar refractivity (Wildman–Crippen MR) is 75.8 cm³/mol. The van der Waals surface area contributed by atoms with Gasteiger partial charge in [-0.2, -0.15) is 0 Å². The number of nitrogens with zero attached hydrogens (tertiary/aromatic N) is 1. The lowest BCUT2D eigenvalue weighted by Crippen LogP contribution is -2.48. The maximum absolute atomic E-state index is 12.5. The minimum atomic E-state index is 0.0216. The number of benzene rings is 1. The molecular formula is C14H17BrN2O. The molecule has 0 aromatic heterocycles. The lowest BCUT2D eigenvalue weighted by Gasteiger charge is -2.27. The SMILES string of the molecule is O=C(C1CCCCN1)N1CCc2cc(Br)ccc21. The second kappa shape index (κ2) is 5.02. The van der Waals surface area contributed by atoms with E-state index < -0.39 is 0 Å². The Hall–Kier alpha value is -0.870. The normalized spacial score (nSPS) is 22.9. The van der Waals surface area contributed by atoms with Crippen molar-refractivity contribution in [3.05, 3.63) is 28.2 Å². The number of hydrogen-bond acceptors (Lipinski definition) is 2. The molecule has 1 aromatic rings. The van der Waals surface area contributed by atoms with E-state index in [1.807, 2.05) is 17.0 Å². The summed E-state index contributed by atoms with van der Waals surface area (Å²) in [7, 11) is 0. The summed E-state index contributed by atoms with van der Waals surface area (Å²) in [5.41, 5.74) is 2.36. The zero-order chi connectivity index (χ0) is 12.5. The Labute approximate surface area is 116 Å². The number of carbonyl (C=O) groups is 1. The van der Waals surface area contributed by atoms with Gasteiger partial charge in [-0.1, -0.05) is 22.4 Å². The molecule has 18 heavy (non-hydrogen) atoms. The van der Waals surface area contributed by atoms with Crippen LogP contribution in [0.4, 0.5) is 5.69 Å². The average molecular weight is 309 g/mol. The standard InChI is InChI=1S/C14H17BrN2O/c15-11-4-5-13-10(9-11)6-8-17(13)14(18)12-3-1-2-7-16-12/h4-5,9,12,16H,1-3,6-8H2. The van der Waals surface area contributed by atoms with Crippen molar-refractivity contribution in [2.24, 2.45) is 0 Å². The fraction of sp³-hybridized carbons (Fsp3) is 0.500. The second-order valence-corrected chi connectivity index (χ2v) is 5.93. The highest BCUT2D eigenvalue weighted by Gasteiger charge is 2.30. The van der Waals surface area contributed by atoms with Crippen LogP contribution in [0.3, 0.4) is 0 Å². The van der Waals surface area contributed by atoms with Crippen LogP contribution in [0.5, 0.6) is 0 Å². The van der Waals surface area contributed by atoms with Crippen LogP contribution < -0.4 is 10.2 Å². The fourth-order valence-corrected chi connectivity index (χ4v) is 3.26. The minimum Gasteiger partial charge on any atom is -0.310 e. The number of piperidine rings is 1. The molecule has 1 aromatic carbocycles. The molecule has 1 amide bonds. The maximum atomic E-state index is 12.5. The molecule has 2 heterocycles. The monoisotopic (exact) mass is 308 g/mol. The summed E-state index contributed by atoms with van der Waals surface area (Å²) in [5.74, 6) is 0.246. The van der Waals surface area contributed by atoms with Gasteiger partial charge in [0.05, 0.1) is 6.04 Å². The van der Waals surface area contributed by atoms with E-state index in [1.165, 1.54) is 12.0 Å². The maximum Gasteiger partial charge on any atom is 0.244 e. The van der Waals surface area contributed by atoms with Gasteiger partial charge in [-0.3, -0.25) is 4.79 Å². The van der Waals surface area contributed by atoms with E-state index >= 15 is 0 Å². The zero-order valence-corrected chi connectivity index (χ0v) is 11.9. The van der Waals surface area contributed by atoms with Crippen molar-refractivity contribution in [1.82, 2.24) is 5.32 Å². The fourth-order valence-electron chi connectivity index (χ4n) is 2.85. The molecule has 0 spiro atoms. The molecule has 0 saturated carbocycles. The molecule has 1 N–H and O–H groups in total. The molecule has 1 fully saturated rings. The van der Waals surface area contributed by atoms with Gasteiger partial charge in [0.15, 0.2) is 0 Å². The highest BCUT2D eigenvalue weighted by molar-refractivity contribution is 9.10. The lowest BCUT2D eigenvalue weighted by atomic mass is 10.0. The van der Waals surface area contributed by atoms with Crippen LogP contribution in [-0.2, 0) is 11.2 Å². The van der Waals surface area contributed by atoms with Crippen LogP contribution in [-0.4, -0.2) is 25.0 Å². The van der Waals surface area contributed by atoms with Gasteiger partial charge in [-0.15, -0.1) is 0 Å². The first-order valence-electron chi connectivity index (χ1n) is 6.59. The van der Waals surface area contributed by atoms with E-state index in [1.54, 1.807) is 0 Å². The van der Waals surface area contributed by atoms with Crippen LogP contribution in [0.25, 0.3) is 0 Å². The first kappa shape index (κ1) is 12.2. The van der Waals surface area contributed by atoms with Crippen LogP contribution in [0, 0.1) is 0 Å². The number of nitrogens with one attached hydrogen (secondary N) is 1. The quantitative estimate of drug-likeness (QED) is 0.864. The molecule has 96 valence electrons. The van der Waals surface area contributed by atoms with Crippen LogP contribution in [0.1, 0.15) is 24.8 Å². The lowest BCUT2D eigenvalue weighted by molar-refractivity contribution is -0.121. The molecule has 3 rings (SSSR count). The van der Waals surface area contributed by atoms with Crippen molar-refractivity contribution >= 4 is 27.5 Å². The molecule has 4 heteroatoms. The average Bonchev–Trinajstić information content (AvgIpc) is 2.81. The van der Waals surface area contributed by atoms with Crippen molar-refractivity contribution in [3.63, 3.8) is 0 Å². The molecule has 0 radical (unpaired) electrons. The molecule has 0 bridgehead atoms. The number of amides is 1. The Morgan fingerprint density at radius 2 is 2.28 bits per heavy atom. The van der Waals surface area contributed by atoms with Gasteiger partial charge in [-0.25, -0.2) is 0 Å². The van der Waals surface area contributed by atoms with Crippen molar-refractivity contribution < 1.29 is 4.79 Å². The van der Waals surface area contributed by atoms with Crippen molar-refractivity contribution in [1.29, 1.82) is 0 Å². The van der Waals surface area contributed by atoms with E-state index in [4.69, 9.17) is 0 Å². The molecule has 2 aliphatic rings. The minimum absolute atomic E-state index is 0.0216. The van der Waals surface area contributed by atoms with Gasteiger partial charge >= 0.3 is 0 Å². The Balaban J connectivity index is 1.80. The molecule has 2 aliphatic heterocycles. The van der Waals surface area contributed by atoms with Gasteiger partial charge in [0.25, 0.3) is 0 Å². The number of rotatable bonds is 1. The molecular weight excluding hydrogens is 292 g/mol. The van der Waals surface area contributed by atoms with E-state index in [0.29, 0.717) is 0 Å². The summed E-state index contributed by atoms with van der Waals surface area (Å²) in [6.45, 7) is 1.79. The van der Waals surface area contributed by atoms with Gasteiger partial charge in [0.2, 0.25) is 5.91 Å². The van der Waals surface area contributed by atoms with Crippen molar-refractivity contribution in [2.75, 3.05) is 18.0 Å². The summed E-state index contributed by atoms with van der Waals surface area (Å²) in [6.07, 6.45) is 4.28. The molecule has 3 nitrogen and oxygen atoms in total. The van der Waals surface area contributed by atoms with E-state index in [-0.39, 0.29) is 11.9 Å². The highest BCUT2D eigenvalue weighted by atomic mass is 79.9. The summed E-state index contributed by atoms with van der Waals surface area (Å²) >= 11 is 3.48. The van der Waals surface area contributed by atoms with Crippen LogP contribution >= 0.6 is 15.9 Å². The van der Waals surface area contributed by atoms with Gasteiger partial charge < -0.3 is 10.2 Å². The zero-order valence-electron chi connectivity index (χ0n) is 10.3. The number of halogens is 1. The summed E-state index contributed by atoms with van der Waals surface area (Å²) in [6, 6.07) is 6.20. The Bertz CT molecular complexity index is 469.